The average molecular weight is 297 g/mol. The molecule has 9 heteroatoms. The van der Waals surface area contributed by atoms with Gasteiger partial charge < -0.3 is 10.6 Å². The van der Waals surface area contributed by atoms with Gasteiger partial charge in [0, 0.05) is 19.8 Å². The van der Waals surface area contributed by atoms with Crippen molar-refractivity contribution in [2.45, 2.75) is 6.18 Å². The van der Waals surface area contributed by atoms with Crippen molar-refractivity contribution < 1.29 is 21.6 Å². The van der Waals surface area contributed by atoms with Gasteiger partial charge in [-0.2, -0.15) is 13.2 Å². The molecule has 0 spiro atoms. The second kappa shape index (κ2) is 5.24. The minimum absolute atomic E-state index is 0.0176. The Morgan fingerprint density at radius 2 is 1.95 bits per heavy atom. The van der Waals surface area contributed by atoms with Gasteiger partial charge in [0.15, 0.2) is 0 Å². The van der Waals surface area contributed by atoms with Gasteiger partial charge in [-0.3, -0.25) is 0 Å². The van der Waals surface area contributed by atoms with E-state index in [0.717, 1.165) is 18.4 Å². The van der Waals surface area contributed by atoms with Crippen molar-refractivity contribution in [3.8, 4) is 0 Å². The summed E-state index contributed by atoms with van der Waals surface area (Å²) in [7, 11) is -1.75. The van der Waals surface area contributed by atoms with E-state index in [4.69, 9.17) is 5.73 Å². The van der Waals surface area contributed by atoms with Gasteiger partial charge in [0.2, 0.25) is 0 Å². The smallest absolute Gasteiger partial charge is 0.384 e. The lowest BCUT2D eigenvalue weighted by Crippen LogP contribution is -2.26. The zero-order valence-corrected chi connectivity index (χ0v) is 11.2. The number of nitrogens with zero attached hydrogens (tertiary/aromatic N) is 2. The predicted molar refractivity (Wildman–Crippen MR) is 66.6 cm³/mol. The molecular weight excluding hydrogens is 283 g/mol. The maximum Gasteiger partial charge on any atom is 0.416 e. The van der Waals surface area contributed by atoms with E-state index in [-0.39, 0.29) is 23.9 Å². The number of nitrogen functional groups attached to an aromatic ring is 1. The van der Waals surface area contributed by atoms with Crippen LogP contribution in [-0.2, 0) is 16.0 Å². The van der Waals surface area contributed by atoms with Crippen molar-refractivity contribution in [3.63, 3.8) is 0 Å². The van der Waals surface area contributed by atoms with Gasteiger partial charge in [-0.05, 0) is 12.1 Å². The number of hydrogen-bond acceptors (Lipinski definition) is 5. The van der Waals surface area contributed by atoms with Crippen LogP contribution in [0.15, 0.2) is 12.1 Å². The summed E-state index contributed by atoms with van der Waals surface area (Å²) in [5.74, 6) is -0.464. The number of alkyl halides is 3. The van der Waals surface area contributed by atoms with Crippen LogP contribution in [0.3, 0.4) is 0 Å². The van der Waals surface area contributed by atoms with Crippen LogP contribution in [-0.4, -0.2) is 39.0 Å². The number of halogens is 3. The standard InChI is InChI=1S/C10H14F3N3O2S/c1-16(3-4-19(2,17)18)9-6-7(10(11,12)13)5-8(14)15-9/h5-6H,3-4H2,1-2H3,(H2,14,15). The first-order valence-corrected chi connectivity index (χ1v) is 7.29. The molecule has 0 fully saturated rings. The van der Waals surface area contributed by atoms with Gasteiger partial charge in [0.25, 0.3) is 0 Å². The summed E-state index contributed by atoms with van der Waals surface area (Å²) in [6.45, 7) is 0.0343. The van der Waals surface area contributed by atoms with Crippen molar-refractivity contribution in [1.29, 1.82) is 0 Å². The molecule has 0 atom stereocenters. The zero-order chi connectivity index (χ0) is 14.8. The minimum Gasteiger partial charge on any atom is -0.384 e. The quantitative estimate of drug-likeness (QED) is 0.902. The fourth-order valence-corrected chi connectivity index (χ4v) is 1.92. The van der Waals surface area contributed by atoms with Crippen LogP contribution in [0.2, 0.25) is 0 Å². The van der Waals surface area contributed by atoms with Crippen LogP contribution in [0.25, 0.3) is 0 Å². The highest BCUT2D eigenvalue weighted by molar-refractivity contribution is 7.90. The highest BCUT2D eigenvalue weighted by atomic mass is 32.2. The number of nitrogens with two attached hydrogens (primary N) is 1. The summed E-state index contributed by atoms with van der Waals surface area (Å²) in [4.78, 5) is 5.07. The highest BCUT2D eigenvalue weighted by Crippen LogP contribution is 2.32. The number of aromatic nitrogens is 1. The first kappa shape index (κ1) is 15.5. The molecule has 0 radical (unpaired) electrons. The van der Waals surface area contributed by atoms with Gasteiger partial charge in [-0.1, -0.05) is 0 Å². The molecule has 0 saturated carbocycles. The van der Waals surface area contributed by atoms with Crippen molar-refractivity contribution in [3.05, 3.63) is 17.7 Å². The molecule has 0 aliphatic rings. The lowest BCUT2D eigenvalue weighted by molar-refractivity contribution is -0.137. The topological polar surface area (TPSA) is 76.3 Å². The van der Waals surface area contributed by atoms with Crippen LogP contribution in [0, 0.1) is 0 Å². The summed E-state index contributed by atoms with van der Waals surface area (Å²) in [6.07, 6.45) is -3.47. The number of sulfone groups is 1. The lowest BCUT2D eigenvalue weighted by Gasteiger charge is -2.19. The molecule has 1 heterocycles. The summed E-state index contributed by atoms with van der Waals surface area (Å²) in [6, 6.07) is 1.56. The van der Waals surface area contributed by atoms with Crippen molar-refractivity contribution >= 4 is 21.5 Å². The number of hydrogen-bond donors (Lipinski definition) is 1. The van der Waals surface area contributed by atoms with Gasteiger partial charge in [-0.25, -0.2) is 13.4 Å². The number of rotatable bonds is 4. The fourth-order valence-electron chi connectivity index (χ4n) is 1.31. The molecule has 2 N–H and O–H groups in total. The van der Waals surface area contributed by atoms with E-state index in [1.807, 2.05) is 0 Å². The SMILES string of the molecule is CN(CCS(C)(=O)=O)c1cc(C(F)(F)F)cc(N)n1. The third kappa shape index (κ3) is 4.93. The first-order chi connectivity index (χ1) is 8.49. The lowest BCUT2D eigenvalue weighted by atomic mass is 10.2. The Balaban J connectivity index is 2.98. The molecule has 0 amide bonds. The maximum absolute atomic E-state index is 12.6. The Morgan fingerprint density at radius 3 is 2.42 bits per heavy atom. The number of pyridine rings is 1. The van der Waals surface area contributed by atoms with E-state index < -0.39 is 21.6 Å². The summed E-state index contributed by atoms with van der Waals surface area (Å²) in [5.41, 5.74) is 4.40. The Bertz CT molecular complexity index is 558. The van der Waals surface area contributed by atoms with Crippen LogP contribution in [0.4, 0.5) is 24.8 Å². The van der Waals surface area contributed by atoms with E-state index in [2.05, 4.69) is 4.98 Å². The molecule has 0 saturated heterocycles. The van der Waals surface area contributed by atoms with E-state index in [1.54, 1.807) is 0 Å². The zero-order valence-electron chi connectivity index (χ0n) is 10.4. The minimum atomic E-state index is -4.52. The normalized spacial score (nSPS) is 12.5. The monoisotopic (exact) mass is 297 g/mol. The van der Waals surface area contributed by atoms with Gasteiger partial charge in [0.05, 0.1) is 11.3 Å². The second-order valence-corrected chi connectivity index (χ2v) is 6.45. The van der Waals surface area contributed by atoms with Crippen LogP contribution < -0.4 is 10.6 Å². The molecule has 5 nitrogen and oxygen atoms in total. The molecular formula is C10H14F3N3O2S. The van der Waals surface area contributed by atoms with Gasteiger partial charge >= 0.3 is 6.18 Å². The van der Waals surface area contributed by atoms with E-state index in [1.165, 1.54) is 11.9 Å². The Labute approximate surface area is 109 Å². The molecule has 0 aromatic carbocycles. The third-order valence-electron chi connectivity index (χ3n) is 2.35. The third-order valence-corrected chi connectivity index (χ3v) is 3.27. The van der Waals surface area contributed by atoms with Crippen molar-refractivity contribution in [2.24, 2.45) is 0 Å². The summed E-state index contributed by atoms with van der Waals surface area (Å²) in [5, 5.41) is 0. The molecule has 1 aromatic heterocycles. The summed E-state index contributed by atoms with van der Waals surface area (Å²) < 4.78 is 59.8. The van der Waals surface area contributed by atoms with E-state index in [9.17, 15) is 21.6 Å². The fraction of sp³-hybridized carbons (Fsp3) is 0.500. The van der Waals surface area contributed by atoms with Gasteiger partial charge in [-0.15, -0.1) is 0 Å². The van der Waals surface area contributed by atoms with Crippen LogP contribution in [0.5, 0.6) is 0 Å². The number of anilines is 2. The molecule has 0 aliphatic heterocycles. The largest absolute Gasteiger partial charge is 0.416 e. The van der Waals surface area contributed by atoms with Crippen molar-refractivity contribution in [1.82, 2.24) is 4.98 Å². The molecule has 1 rings (SSSR count). The predicted octanol–water partition coefficient (Wildman–Crippen LogP) is 1.16. The molecule has 0 unspecified atom stereocenters. The molecule has 0 aliphatic carbocycles. The molecule has 0 bridgehead atoms. The van der Waals surface area contributed by atoms with E-state index >= 15 is 0 Å². The average Bonchev–Trinajstić information content (AvgIpc) is 2.22. The highest BCUT2D eigenvalue weighted by Gasteiger charge is 2.31. The molecule has 1 aromatic rings. The van der Waals surface area contributed by atoms with Crippen molar-refractivity contribution in [2.75, 3.05) is 36.2 Å². The molecule has 108 valence electrons. The van der Waals surface area contributed by atoms with E-state index in [0.29, 0.717) is 0 Å². The summed E-state index contributed by atoms with van der Waals surface area (Å²) >= 11 is 0. The first-order valence-electron chi connectivity index (χ1n) is 5.22. The van der Waals surface area contributed by atoms with Gasteiger partial charge in [0.1, 0.15) is 21.5 Å². The Kier molecular flexibility index (Phi) is 4.28. The second-order valence-electron chi connectivity index (χ2n) is 4.19. The maximum atomic E-state index is 12.6. The molecule has 19 heavy (non-hydrogen) atoms. The Morgan fingerprint density at radius 1 is 1.37 bits per heavy atom. The van der Waals surface area contributed by atoms with Crippen LogP contribution in [0.1, 0.15) is 5.56 Å². The van der Waals surface area contributed by atoms with Crippen LogP contribution >= 0.6 is 0 Å². The Hall–Kier alpha value is -1.51.